The van der Waals surface area contributed by atoms with E-state index < -0.39 is 50.7 Å². The molecule has 3 unspecified atom stereocenters. The van der Waals surface area contributed by atoms with Gasteiger partial charge in [0.1, 0.15) is 12.0 Å². The maximum absolute atomic E-state index is 14.7. The van der Waals surface area contributed by atoms with Crippen molar-refractivity contribution in [2.45, 2.75) is 31.3 Å². The van der Waals surface area contributed by atoms with Gasteiger partial charge in [0.25, 0.3) is 0 Å². The van der Waals surface area contributed by atoms with Crippen LogP contribution in [0.25, 0.3) is 11.3 Å². The number of benzene rings is 1. The third-order valence-corrected chi connectivity index (χ3v) is 6.53. The third kappa shape index (κ3) is 6.50. The topological polar surface area (TPSA) is 132 Å². The summed E-state index contributed by atoms with van der Waals surface area (Å²) >= 11 is 0. The van der Waals surface area contributed by atoms with Gasteiger partial charge in [-0.25, -0.2) is 41.7 Å². The second kappa shape index (κ2) is 10.9. The first-order chi connectivity index (χ1) is 17.5. The van der Waals surface area contributed by atoms with Gasteiger partial charge < -0.3 is 15.4 Å². The Morgan fingerprint density at radius 2 is 1.97 bits per heavy atom. The highest BCUT2D eigenvalue weighted by Crippen LogP contribution is 2.34. The summed E-state index contributed by atoms with van der Waals surface area (Å²) in [5.41, 5.74) is -0.465. The molecule has 198 valence electrons. The summed E-state index contributed by atoms with van der Waals surface area (Å²) in [5.74, 6) is -6.89. The first kappa shape index (κ1) is 26.7. The minimum atomic E-state index is -4.32. The Morgan fingerprint density at radius 1 is 1.19 bits per heavy atom. The van der Waals surface area contributed by atoms with Crippen molar-refractivity contribution in [2.24, 2.45) is 11.1 Å². The molecule has 0 spiro atoms. The normalized spacial score (nSPS) is 18.9. The van der Waals surface area contributed by atoms with Crippen molar-refractivity contribution in [3.8, 4) is 22.9 Å². The second-order valence-electron chi connectivity index (χ2n) is 8.67. The zero-order valence-electron chi connectivity index (χ0n) is 19.6. The van der Waals surface area contributed by atoms with Crippen LogP contribution in [-0.4, -0.2) is 48.7 Å². The molecule has 14 heteroatoms. The van der Waals surface area contributed by atoms with E-state index >= 15 is 0 Å². The van der Waals surface area contributed by atoms with E-state index in [1.54, 1.807) is 12.1 Å². The van der Waals surface area contributed by atoms with Gasteiger partial charge >= 0.3 is 0 Å². The van der Waals surface area contributed by atoms with Crippen LogP contribution in [0.5, 0.6) is 11.6 Å². The number of pyridine rings is 1. The van der Waals surface area contributed by atoms with Gasteiger partial charge in [0, 0.05) is 49.1 Å². The molecule has 0 saturated carbocycles. The number of nitrogens with zero attached hydrogens (tertiary/aromatic N) is 3. The summed E-state index contributed by atoms with van der Waals surface area (Å²) in [6, 6.07) is 5.04. The van der Waals surface area contributed by atoms with Gasteiger partial charge in [0.05, 0.1) is 17.0 Å². The lowest BCUT2D eigenvalue weighted by molar-refractivity contribution is 0.202. The number of sulfonamides is 1. The Balaban J connectivity index is 1.60. The fourth-order valence-corrected chi connectivity index (χ4v) is 4.65. The van der Waals surface area contributed by atoms with E-state index in [-0.39, 0.29) is 29.4 Å². The fourth-order valence-electron chi connectivity index (χ4n) is 3.99. The Kier molecular flexibility index (Phi) is 7.90. The fraction of sp³-hybridized carbons (Fsp3) is 0.348. The van der Waals surface area contributed by atoms with E-state index in [9.17, 15) is 26.0 Å². The number of aromatic nitrogens is 3. The van der Waals surface area contributed by atoms with Crippen LogP contribution in [0.2, 0.25) is 0 Å². The van der Waals surface area contributed by atoms with Crippen LogP contribution >= 0.6 is 0 Å². The molecule has 1 aliphatic heterocycles. The largest absolute Gasteiger partial charge is 0.435 e. The number of alkyl halides is 1. The predicted molar refractivity (Wildman–Crippen MR) is 127 cm³/mol. The molecule has 4 rings (SSSR count). The molecule has 1 aromatic carbocycles. The maximum Gasteiger partial charge on any atom is 0.228 e. The molecule has 3 aromatic rings. The summed E-state index contributed by atoms with van der Waals surface area (Å²) in [6.45, 7) is 2.69. The van der Waals surface area contributed by atoms with Gasteiger partial charge in [-0.1, -0.05) is 0 Å². The molecule has 2 aromatic heterocycles. The van der Waals surface area contributed by atoms with Gasteiger partial charge in [0.15, 0.2) is 11.6 Å². The van der Waals surface area contributed by atoms with E-state index in [1.165, 1.54) is 25.4 Å². The Morgan fingerprint density at radius 3 is 2.70 bits per heavy atom. The molecular weight excluding hydrogens is 516 g/mol. The second-order valence-corrected chi connectivity index (χ2v) is 10.3. The third-order valence-electron chi connectivity index (χ3n) is 5.84. The zero-order chi connectivity index (χ0) is 26.7. The van der Waals surface area contributed by atoms with E-state index in [4.69, 9.17) is 9.88 Å². The molecule has 37 heavy (non-hydrogen) atoms. The highest BCUT2D eigenvalue weighted by atomic mass is 32.2. The molecule has 1 aliphatic rings. The van der Waals surface area contributed by atoms with Crippen molar-refractivity contribution < 1.29 is 30.7 Å². The van der Waals surface area contributed by atoms with Gasteiger partial charge in [-0.3, -0.25) is 0 Å². The summed E-state index contributed by atoms with van der Waals surface area (Å²) in [5, 5.41) is 11.2. The lowest BCUT2D eigenvalue weighted by atomic mass is 9.92. The quantitative estimate of drug-likeness (QED) is 0.293. The van der Waals surface area contributed by atoms with Crippen LogP contribution in [0, 0.1) is 23.4 Å². The van der Waals surface area contributed by atoms with Crippen LogP contribution in [0.15, 0.2) is 36.7 Å². The lowest BCUT2D eigenvalue weighted by Crippen LogP contribution is -2.45. The first-order valence-electron chi connectivity index (χ1n) is 11.3. The highest BCUT2D eigenvalue weighted by Gasteiger charge is 2.27. The Hall–Kier alpha value is -3.36. The van der Waals surface area contributed by atoms with E-state index in [0.717, 1.165) is 0 Å². The van der Waals surface area contributed by atoms with Crippen LogP contribution in [-0.2, 0) is 15.8 Å². The minimum Gasteiger partial charge on any atom is -0.435 e. The molecule has 3 atom stereocenters. The number of nitrogens with one attached hydrogen (secondary N) is 2. The van der Waals surface area contributed by atoms with Crippen molar-refractivity contribution in [1.29, 1.82) is 0 Å². The van der Waals surface area contributed by atoms with E-state index in [0.29, 0.717) is 31.3 Å². The number of nitrogens with two attached hydrogens (primary N) is 1. The Bertz CT molecular complexity index is 1390. The number of piperidine rings is 1. The summed E-state index contributed by atoms with van der Waals surface area (Å²) < 4.78 is 85.1. The highest BCUT2D eigenvalue weighted by molar-refractivity contribution is 7.88. The summed E-state index contributed by atoms with van der Waals surface area (Å²) in [6.07, 6.45) is 2.40. The Labute approximate surface area is 210 Å². The number of anilines is 1. The monoisotopic (exact) mass is 540 g/mol. The lowest BCUT2D eigenvalue weighted by Gasteiger charge is -2.31. The number of primary sulfonamides is 1. The van der Waals surface area contributed by atoms with Gasteiger partial charge in [0.2, 0.25) is 27.7 Å². The average Bonchev–Trinajstić information content (AvgIpc) is 2.85. The molecule has 1 fully saturated rings. The van der Waals surface area contributed by atoms with E-state index in [1.807, 2.05) is 0 Å². The summed E-state index contributed by atoms with van der Waals surface area (Å²) in [4.78, 5) is 12.7. The smallest absolute Gasteiger partial charge is 0.228 e. The van der Waals surface area contributed by atoms with Crippen molar-refractivity contribution in [1.82, 2.24) is 20.3 Å². The molecule has 9 nitrogen and oxygen atoms in total. The van der Waals surface area contributed by atoms with Crippen molar-refractivity contribution in [3.05, 3.63) is 59.7 Å². The molecule has 0 aliphatic carbocycles. The van der Waals surface area contributed by atoms with Crippen LogP contribution < -0.4 is 20.5 Å². The molecule has 1 saturated heterocycles. The van der Waals surface area contributed by atoms with Gasteiger partial charge in [-0.05, 0) is 31.5 Å². The number of hydrogen-bond donors (Lipinski definition) is 3. The van der Waals surface area contributed by atoms with Crippen molar-refractivity contribution >= 4 is 16.0 Å². The molecule has 0 radical (unpaired) electrons. The number of hydrogen-bond acceptors (Lipinski definition) is 8. The number of ether oxygens (including phenoxy) is 1. The van der Waals surface area contributed by atoms with Gasteiger partial charge in [-0.15, -0.1) is 0 Å². The number of halogens is 4. The maximum atomic E-state index is 14.7. The predicted octanol–water partition coefficient (Wildman–Crippen LogP) is 3.28. The van der Waals surface area contributed by atoms with Crippen LogP contribution in [0.1, 0.15) is 18.9 Å². The number of rotatable bonds is 8. The zero-order valence-corrected chi connectivity index (χ0v) is 20.4. The van der Waals surface area contributed by atoms with E-state index in [2.05, 4.69) is 25.6 Å². The molecule has 0 amide bonds. The van der Waals surface area contributed by atoms with Crippen molar-refractivity contribution in [2.75, 3.05) is 18.4 Å². The standard InChI is InChI=1S/C23H24F4N6O3S/c1-12(24)13-7-14(10-29-9-13)32-23-31-6-4-18(33-23)15-3-2-5-30-22(15)36-19-8-17(25)16(11-37(28,34)35)20(26)21(19)27/h2-6,8,12-14,29H,7,9-11H2,1H3,(H2,28,34,35)(H,31,32,33). The van der Waals surface area contributed by atoms with Crippen LogP contribution in [0.4, 0.5) is 23.5 Å². The summed E-state index contributed by atoms with van der Waals surface area (Å²) in [7, 11) is -4.32. The molecule has 4 N–H and O–H groups in total. The first-order valence-corrected chi connectivity index (χ1v) is 13.0. The molecule has 0 bridgehead atoms. The molecule has 3 heterocycles. The SMILES string of the molecule is CC(F)C1CNCC(Nc2nccc(-c3cccnc3Oc3cc(F)c(CS(N)(=O)=O)c(F)c3F)n2)C1. The van der Waals surface area contributed by atoms with Crippen LogP contribution in [0.3, 0.4) is 0 Å². The average molecular weight is 541 g/mol. The molecular formula is C23H24F4N6O3S. The van der Waals surface area contributed by atoms with Crippen molar-refractivity contribution in [3.63, 3.8) is 0 Å². The van der Waals surface area contributed by atoms with Gasteiger partial charge in [-0.2, -0.15) is 4.39 Å². The minimum absolute atomic E-state index is 0.118.